The van der Waals surface area contributed by atoms with Crippen molar-refractivity contribution in [3.05, 3.63) is 42.5 Å². The van der Waals surface area contributed by atoms with Gasteiger partial charge in [0.25, 0.3) is 0 Å². The molecule has 0 aliphatic heterocycles. The number of anilines is 1. The number of rotatable bonds is 4. The molecule has 0 saturated heterocycles. The molecule has 82 valence electrons. The minimum absolute atomic E-state index is 0.449. The monoisotopic (exact) mass is 213 g/mol. The molecule has 0 amide bonds. The highest BCUT2D eigenvalue weighted by atomic mass is 16.1. The molecule has 2 rings (SSSR count). The van der Waals surface area contributed by atoms with Gasteiger partial charge < -0.3 is 9.69 Å². The SMILES string of the molecule is CCN(CC=O)c1cccc2ccccc12. The van der Waals surface area contributed by atoms with Crippen molar-refractivity contribution >= 4 is 22.7 Å². The van der Waals surface area contributed by atoms with Gasteiger partial charge in [0.15, 0.2) is 0 Å². The van der Waals surface area contributed by atoms with Crippen LogP contribution in [-0.2, 0) is 4.79 Å². The smallest absolute Gasteiger partial charge is 0.139 e. The third-order valence-electron chi connectivity index (χ3n) is 2.78. The van der Waals surface area contributed by atoms with Crippen LogP contribution in [0.15, 0.2) is 42.5 Å². The first kappa shape index (κ1) is 10.7. The molecule has 0 spiro atoms. The van der Waals surface area contributed by atoms with E-state index in [4.69, 9.17) is 0 Å². The van der Waals surface area contributed by atoms with Crippen molar-refractivity contribution in [2.24, 2.45) is 0 Å². The molecule has 2 aromatic rings. The van der Waals surface area contributed by atoms with E-state index in [0.717, 1.165) is 18.5 Å². The molecule has 2 heteroatoms. The Morgan fingerprint density at radius 3 is 2.62 bits per heavy atom. The highest BCUT2D eigenvalue weighted by Gasteiger charge is 2.06. The van der Waals surface area contributed by atoms with E-state index < -0.39 is 0 Å². The number of aldehydes is 1. The number of carbonyl (C=O) groups is 1. The van der Waals surface area contributed by atoms with Gasteiger partial charge in [-0.3, -0.25) is 0 Å². The number of fused-ring (bicyclic) bond motifs is 1. The fraction of sp³-hybridized carbons (Fsp3) is 0.214. The first-order valence-electron chi connectivity index (χ1n) is 5.53. The number of hydrogen-bond acceptors (Lipinski definition) is 2. The summed E-state index contributed by atoms with van der Waals surface area (Å²) in [5.74, 6) is 0. The van der Waals surface area contributed by atoms with Crippen LogP contribution in [0.5, 0.6) is 0 Å². The maximum Gasteiger partial charge on any atom is 0.139 e. The predicted octanol–water partition coefficient (Wildman–Crippen LogP) is 2.87. The van der Waals surface area contributed by atoms with Crippen molar-refractivity contribution < 1.29 is 4.79 Å². The molecule has 0 aromatic heterocycles. The lowest BCUT2D eigenvalue weighted by molar-refractivity contribution is -0.106. The van der Waals surface area contributed by atoms with Crippen LogP contribution in [0.2, 0.25) is 0 Å². The summed E-state index contributed by atoms with van der Waals surface area (Å²) in [7, 11) is 0. The van der Waals surface area contributed by atoms with Gasteiger partial charge in [0.2, 0.25) is 0 Å². The normalized spacial score (nSPS) is 10.3. The number of hydrogen-bond donors (Lipinski definition) is 0. The number of likely N-dealkylation sites (N-methyl/N-ethyl adjacent to an activating group) is 1. The van der Waals surface area contributed by atoms with Gasteiger partial charge in [-0.2, -0.15) is 0 Å². The van der Waals surface area contributed by atoms with Crippen LogP contribution in [-0.4, -0.2) is 19.4 Å². The van der Waals surface area contributed by atoms with Gasteiger partial charge in [0, 0.05) is 17.6 Å². The Morgan fingerprint density at radius 1 is 1.12 bits per heavy atom. The van der Waals surface area contributed by atoms with Gasteiger partial charge in [-0.15, -0.1) is 0 Å². The van der Waals surface area contributed by atoms with E-state index in [2.05, 4.69) is 36.1 Å². The molecular formula is C14H15NO. The van der Waals surface area contributed by atoms with Gasteiger partial charge in [-0.25, -0.2) is 0 Å². The van der Waals surface area contributed by atoms with E-state index in [1.165, 1.54) is 10.8 Å². The molecule has 0 aliphatic carbocycles. The maximum atomic E-state index is 10.6. The van der Waals surface area contributed by atoms with E-state index in [-0.39, 0.29) is 0 Å². The highest BCUT2D eigenvalue weighted by Crippen LogP contribution is 2.26. The van der Waals surface area contributed by atoms with Crippen LogP contribution in [0.3, 0.4) is 0 Å². The summed E-state index contributed by atoms with van der Waals surface area (Å²) >= 11 is 0. The van der Waals surface area contributed by atoms with Crippen molar-refractivity contribution in [1.29, 1.82) is 0 Å². The van der Waals surface area contributed by atoms with E-state index in [1.807, 2.05) is 18.2 Å². The molecule has 0 bridgehead atoms. The molecule has 0 aliphatic rings. The van der Waals surface area contributed by atoms with Crippen molar-refractivity contribution in [2.75, 3.05) is 18.0 Å². The van der Waals surface area contributed by atoms with Crippen LogP contribution >= 0.6 is 0 Å². The Morgan fingerprint density at radius 2 is 1.88 bits per heavy atom. The molecule has 0 atom stereocenters. The van der Waals surface area contributed by atoms with Crippen LogP contribution in [0, 0.1) is 0 Å². The first-order valence-corrected chi connectivity index (χ1v) is 5.53. The second kappa shape index (κ2) is 4.79. The summed E-state index contributed by atoms with van der Waals surface area (Å²) in [5, 5.41) is 2.41. The lowest BCUT2D eigenvalue weighted by atomic mass is 10.1. The van der Waals surface area contributed by atoms with Crippen molar-refractivity contribution in [2.45, 2.75) is 6.92 Å². The second-order valence-electron chi connectivity index (χ2n) is 3.70. The zero-order valence-electron chi connectivity index (χ0n) is 9.39. The Bertz CT molecular complexity index is 488. The number of carbonyl (C=O) groups excluding carboxylic acids is 1. The quantitative estimate of drug-likeness (QED) is 0.728. The molecule has 16 heavy (non-hydrogen) atoms. The van der Waals surface area contributed by atoms with Crippen molar-refractivity contribution in [3.8, 4) is 0 Å². The topological polar surface area (TPSA) is 20.3 Å². The van der Waals surface area contributed by atoms with E-state index in [0.29, 0.717) is 6.54 Å². The standard InChI is InChI=1S/C14H15NO/c1-2-15(10-11-16)14-9-5-7-12-6-3-4-8-13(12)14/h3-9,11H,2,10H2,1H3. The van der Waals surface area contributed by atoms with Gasteiger partial charge in [0.05, 0.1) is 6.54 Å². The van der Waals surface area contributed by atoms with Gasteiger partial charge in [-0.05, 0) is 18.4 Å². The molecular weight excluding hydrogens is 198 g/mol. The Hall–Kier alpha value is -1.83. The summed E-state index contributed by atoms with van der Waals surface area (Å²) in [5.41, 5.74) is 1.13. The lowest BCUT2D eigenvalue weighted by Crippen LogP contribution is -2.24. The van der Waals surface area contributed by atoms with Gasteiger partial charge in [-0.1, -0.05) is 36.4 Å². The van der Waals surface area contributed by atoms with Gasteiger partial charge >= 0.3 is 0 Å². The molecule has 0 N–H and O–H groups in total. The Kier molecular flexibility index (Phi) is 3.20. The molecule has 0 radical (unpaired) electrons. The Balaban J connectivity index is 2.54. The number of nitrogens with zero attached hydrogens (tertiary/aromatic N) is 1. The van der Waals surface area contributed by atoms with Gasteiger partial charge in [0.1, 0.15) is 6.29 Å². The van der Waals surface area contributed by atoms with Crippen LogP contribution < -0.4 is 4.90 Å². The zero-order chi connectivity index (χ0) is 11.4. The molecule has 0 saturated carbocycles. The highest BCUT2D eigenvalue weighted by molar-refractivity contribution is 5.94. The summed E-state index contributed by atoms with van der Waals surface area (Å²) < 4.78 is 0. The van der Waals surface area contributed by atoms with Crippen molar-refractivity contribution in [3.63, 3.8) is 0 Å². The minimum atomic E-state index is 0.449. The summed E-state index contributed by atoms with van der Waals surface area (Å²) in [6, 6.07) is 14.4. The van der Waals surface area contributed by atoms with Crippen molar-refractivity contribution in [1.82, 2.24) is 0 Å². The average molecular weight is 213 g/mol. The zero-order valence-corrected chi connectivity index (χ0v) is 9.39. The molecule has 0 unspecified atom stereocenters. The largest absolute Gasteiger partial charge is 0.364 e. The fourth-order valence-corrected chi connectivity index (χ4v) is 1.97. The third-order valence-corrected chi connectivity index (χ3v) is 2.78. The van der Waals surface area contributed by atoms with E-state index in [9.17, 15) is 4.79 Å². The third kappa shape index (κ3) is 1.91. The predicted molar refractivity (Wildman–Crippen MR) is 67.9 cm³/mol. The average Bonchev–Trinajstić information content (AvgIpc) is 2.35. The van der Waals surface area contributed by atoms with Crippen LogP contribution in [0.4, 0.5) is 5.69 Å². The minimum Gasteiger partial charge on any atom is -0.364 e. The molecule has 2 aromatic carbocycles. The summed E-state index contributed by atoms with van der Waals surface area (Å²) in [6.45, 7) is 3.35. The summed E-state index contributed by atoms with van der Waals surface area (Å²) in [6.07, 6.45) is 0.950. The maximum absolute atomic E-state index is 10.6. The second-order valence-corrected chi connectivity index (χ2v) is 3.70. The molecule has 2 nitrogen and oxygen atoms in total. The van der Waals surface area contributed by atoms with E-state index >= 15 is 0 Å². The first-order chi connectivity index (χ1) is 7.86. The lowest BCUT2D eigenvalue weighted by Gasteiger charge is -2.22. The van der Waals surface area contributed by atoms with E-state index in [1.54, 1.807) is 0 Å². The fourth-order valence-electron chi connectivity index (χ4n) is 1.97. The Labute approximate surface area is 95.5 Å². The molecule has 0 fully saturated rings. The summed E-state index contributed by atoms with van der Waals surface area (Å²) in [4.78, 5) is 12.7. The van der Waals surface area contributed by atoms with Crippen LogP contribution in [0.1, 0.15) is 6.92 Å². The number of benzene rings is 2. The molecule has 0 heterocycles. The van der Waals surface area contributed by atoms with Crippen LogP contribution in [0.25, 0.3) is 10.8 Å².